The van der Waals surface area contributed by atoms with Gasteiger partial charge in [-0.05, 0) is 56.0 Å². The van der Waals surface area contributed by atoms with Crippen molar-refractivity contribution in [2.45, 2.75) is 32.6 Å². The summed E-state index contributed by atoms with van der Waals surface area (Å²) >= 11 is 1.37. The summed E-state index contributed by atoms with van der Waals surface area (Å²) in [4.78, 5) is 29.8. The Hall–Kier alpha value is -2.94. The highest BCUT2D eigenvalue weighted by Gasteiger charge is 2.16. The van der Waals surface area contributed by atoms with Crippen molar-refractivity contribution in [3.05, 3.63) is 40.9 Å². The van der Waals surface area contributed by atoms with Crippen molar-refractivity contribution in [3.63, 3.8) is 0 Å². The van der Waals surface area contributed by atoms with E-state index in [0.717, 1.165) is 31.5 Å². The number of aromatic nitrogens is 1. The van der Waals surface area contributed by atoms with E-state index in [-0.39, 0.29) is 24.9 Å². The molecule has 8 nitrogen and oxygen atoms in total. The molecule has 1 aromatic heterocycles. The van der Waals surface area contributed by atoms with Crippen LogP contribution in [0.4, 0.5) is 5.13 Å². The number of carbonyl (C=O) groups excluding carboxylic acids is 2. The van der Waals surface area contributed by atoms with Crippen molar-refractivity contribution >= 4 is 34.6 Å². The second-order valence-corrected chi connectivity index (χ2v) is 7.65. The lowest BCUT2D eigenvalue weighted by atomic mass is 10.1. The van der Waals surface area contributed by atoms with Crippen LogP contribution in [0, 0.1) is 0 Å². The Bertz CT molecular complexity index is 860. The average Bonchev–Trinajstić information content (AvgIpc) is 3.20. The van der Waals surface area contributed by atoms with E-state index in [4.69, 9.17) is 9.47 Å². The molecule has 160 valence electrons. The van der Waals surface area contributed by atoms with E-state index in [0.29, 0.717) is 23.2 Å². The first kappa shape index (κ1) is 21.8. The van der Waals surface area contributed by atoms with Gasteiger partial charge in [-0.15, -0.1) is 11.3 Å². The van der Waals surface area contributed by atoms with Gasteiger partial charge in [-0.3, -0.25) is 15.0 Å². The fraction of sp³-hybridized carbons (Fsp3) is 0.429. The van der Waals surface area contributed by atoms with Crippen LogP contribution in [-0.4, -0.2) is 54.3 Å². The Morgan fingerprint density at radius 1 is 1.23 bits per heavy atom. The molecule has 3 rings (SSSR count). The summed E-state index contributed by atoms with van der Waals surface area (Å²) in [6.07, 6.45) is 5.15. The molecule has 0 spiro atoms. The van der Waals surface area contributed by atoms with Gasteiger partial charge in [-0.2, -0.15) is 5.10 Å². The third-order valence-corrected chi connectivity index (χ3v) is 5.30. The molecule has 0 unspecified atom stereocenters. The van der Waals surface area contributed by atoms with Crippen LogP contribution < -0.4 is 10.2 Å². The predicted molar refractivity (Wildman–Crippen MR) is 116 cm³/mol. The quantitative estimate of drug-likeness (QED) is 0.373. The molecule has 1 fully saturated rings. The number of piperidine rings is 1. The van der Waals surface area contributed by atoms with Crippen LogP contribution in [0.1, 0.15) is 37.4 Å². The molecule has 1 aliphatic heterocycles. The Morgan fingerprint density at radius 3 is 2.73 bits per heavy atom. The molecule has 1 amide bonds. The molecule has 1 saturated heterocycles. The number of amides is 1. The van der Waals surface area contributed by atoms with Gasteiger partial charge in [-0.25, -0.2) is 4.98 Å². The Balaban J connectivity index is 1.42. The van der Waals surface area contributed by atoms with E-state index in [2.05, 4.69) is 15.5 Å². The van der Waals surface area contributed by atoms with Gasteiger partial charge in [0.2, 0.25) is 5.13 Å². The van der Waals surface area contributed by atoms with Crippen LogP contribution in [-0.2, 0) is 20.7 Å². The summed E-state index contributed by atoms with van der Waals surface area (Å²) in [5.41, 5.74) is 4.38. The SMILES string of the molecule is CCOC(=O)Cc1csc(NN=Cc2ccc(OCC(=O)N3CCCCC3)cc2)n1. The molecule has 0 atom stereocenters. The molecule has 0 bridgehead atoms. The highest BCUT2D eigenvalue weighted by molar-refractivity contribution is 7.13. The minimum Gasteiger partial charge on any atom is -0.484 e. The fourth-order valence-electron chi connectivity index (χ4n) is 2.99. The Labute approximate surface area is 179 Å². The van der Waals surface area contributed by atoms with E-state index in [1.165, 1.54) is 17.8 Å². The number of rotatable bonds is 9. The van der Waals surface area contributed by atoms with Gasteiger partial charge in [-0.1, -0.05) is 0 Å². The molecule has 1 aromatic carbocycles. The molecule has 1 aliphatic rings. The van der Waals surface area contributed by atoms with E-state index in [9.17, 15) is 9.59 Å². The van der Waals surface area contributed by atoms with Gasteiger partial charge in [0, 0.05) is 18.5 Å². The molecule has 0 radical (unpaired) electrons. The number of thiazole rings is 1. The van der Waals surface area contributed by atoms with Crippen molar-refractivity contribution < 1.29 is 19.1 Å². The molecule has 30 heavy (non-hydrogen) atoms. The van der Waals surface area contributed by atoms with Crippen molar-refractivity contribution in [3.8, 4) is 5.75 Å². The zero-order valence-electron chi connectivity index (χ0n) is 17.0. The maximum absolute atomic E-state index is 12.1. The smallest absolute Gasteiger partial charge is 0.311 e. The normalized spacial score (nSPS) is 14.0. The lowest BCUT2D eigenvalue weighted by Crippen LogP contribution is -2.38. The van der Waals surface area contributed by atoms with E-state index < -0.39 is 0 Å². The maximum Gasteiger partial charge on any atom is 0.311 e. The highest BCUT2D eigenvalue weighted by atomic mass is 32.1. The molecule has 0 aliphatic carbocycles. The van der Waals surface area contributed by atoms with Gasteiger partial charge < -0.3 is 14.4 Å². The summed E-state index contributed by atoms with van der Waals surface area (Å²) in [5.74, 6) is 0.391. The number of anilines is 1. The number of hydrazone groups is 1. The number of hydrogen-bond donors (Lipinski definition) is 1. The van der Waals surface area contributed by atoms with E-state index in [1.54, 1.807) is 18.5 Å². The zero-order chi connectivity index (χ0) is 21.2. The molecule has 2 aromatic rings. The number of hydrogen-bond acceptors (Lipinski definition) is 8. The first-order valence-corrected chi connectivity index (χ1v) is 10.9. The van der Waals surface area contributed by atoms with E-state index >= 15 is 0 Å². The monoisotopic (exact) mass is 430 g/mol. The lowest BCUT2D eigenvalue weighted by Gasteiger charge is -2.26. The topological polar surface area (TPSA) is 93.1 Å². The highest BCUT2D eigenvalue weighted by Crippen LogP contribution is 2.16. The van der Waals surface area contributed by atoms with Crippen molar-refractivity contribution in [1.82, 2.24) is 9.88 Å². The number of carbonyl (C=O) groups is 2. The number of esters is 1. The summed E-state index contributed by atoms with van der Waals surface area (Å²) < 4.78 is 10.5. The molecule has 1 N–H and O–H groups in total. The summed E-state index contributed by atoms with van der Waals surface area (Å²) in [7, 11) is 0. The average molecular weight is 431 g/mol. The number of benzene rings is 1. The van der Waals surface area contributed by atoms with Gasteiger partial charge in [0.25, 0.3) is 5.91 Å². The fourth-order valence-corrected chi connectivity index (χ4v) is 3.65. The summed E-state index contributed by atoms with van der Waals surface area (Å²) in [5, 5.41) is 6.56. The number of nitrogens with one attached hydrogen (secondary N) is 1. The molecule has 0 saturated carbocycles. The second-order valence-electron chi connectivity index (χ2n) is 6.79. The number of likely N-dealkylation sites (tertiary alicyclic amines) is 1. The summed E-state index contributed by atoms with van der Waals surface area (Å²) in [6.45, 7) is 3.85. The molecular formula is C21H26N4O4S. The summed E-state index contributed by atoms with van der Waals surface area (Å²) in [6, 6.07) is 7.34. The van der Waals surface area contributed by atoms with Crippen LogP contribution in [0.2, 0.25) is 0 Å². The lowest BCUT2D eigenvalue weighted by molar-refractivity contribution is -0.142. The third kappa shape index (κ3) is 6.84. The molecule has 9 heteroatoms. The largest absolute Gasteiger partial charge is 0.484 e. The Kier molecular flexibility index (Phi) is 8.20. The first-order valence-electron chi connectivity index (χ1n) is 10.0. The number of ether oxygens (including phenoxy) is 2. The van der Waals surface area contributed by atoms with Gasteiger partial charge in [0.15, 0.2) is 6.61 Å². The standard InChI is InChI=1S/C21H26N4O4S/c1-2-28-20(27)12-17-15-30-21(23-17)24-22-13-16-6-8-18(9-7-16)29-14-19(26)25-10-4-3-5-11-25/h6-9,13,15H,2-5,10-12,14H2,1H3,(H,23,24). The molecular weight excluding hydrogens is 404 g/mol. The minimum atomic E-state index is -0.294. The van der Waals surface area contributed by atoms with Crippen molar-refractivity contribution in [2.24, 2.45) is 5.10 Å². The Morgan fingerprint density at radius 2 is 2.00 bits per heavy atom. The van der Waals surface area contributed by atoms with Gasteiger partial charge in [0.1, 0.15) is 5.75 Å². The van der Waals surface area contributed by atoms with Crippen LogP contribution in [0.15, 0.2) is 34.7 Å². The third-order valence-electron chi connectivity index (χ3n) is 4.51. The van der Waals surface area contributed by atoms with Crippen molar-refractivity contribution in [2.75, 3.05) is 31.7 Å². The van der Waals surface area contributed by atoms with E-state index in [1.807, 2.05) is 29.2 Å². The maximum atomic E-state index is 12.1. The van der Waals surface area contributed by atoms with Crippen LogP contribution in [0.3, 0.4) is 0 Å². The minimum absolute atomic E-state index is 0.0373. The van der Waals surface area contributed by atoms with Crippen LogP contribution in [0.5, 0.6) is 5.75 Å². The van der Waals surface area contributed by atoms with Crippen LogP contribution >= 0.6 is 11.3 Å². The van der Waals surface area contributed by atoms with Gasteiger partial charge in [0.05, 0.1) is 24.9 Å². The predicted octanol–water partition coefficient (Wildman–Crippen LogP) is 3.09. The number of nitrogens with zero attached hydrogens (tertiary/aromatic N) is 3. The van der Waals surface area contributed by atoms with Gasteiger partial charge >= 0.3 is 5.97 Å². The van der Waals surface area contributed by atoms with Crippen molar-refractivity contribution in [1.29, 1.82) is 0 Å². The molecule has 2 heterocycles. The first-order chi connectivity index (χ1) is 14.6. The zero-order valence-corrected chi connectivity index (χ0v) is 17.8. The second kappa shape index (κ2) is 11.3. The van der Waals surface area contributed by atoms with Crippen LogP contribution in [0.25, 0.3) is 0 Å².